The zero-order chi connectivity index (χ0) is 8.10. The van der Waals surface area contributed by atoms with Crippen LogP contribution in [0.4, 0.5) is 0 Å². The van der Waals surface area contributed by atoms with Crippen LogP contribution in [0.5, 0.6) is 0 Å². The molecule has 0 spiro atoms. The summed E-state index contributed by atoms with van der Waals surface area (Å²) in [6, 6.07) is 0.633. The molecule has 0 saturated carbocycles. The summed E-state index contributed by atoms with van der Waals surface area (Å²) in [5, 5.41) is 8.46. The molecule has 0 aromatic heterocycles. The fourth-order valence-electron chi connectivity index (χ4n) is 1.17. The highest BCUT2D eigenvalue weighted by atomic mass is 16.5. The van der Waals surface area contributed by atoms with Crippen LogP contribution < -0.4 is 0 Å². The van der Waals surface area contributed by atoms with E-state index in [4.69, 9.17) is 9.84 Å². The zero-order valence-electron chi connectivity index (χ0n) is 7.12. The maximum atomic E-state index is 8.46. The SMILES string of the molecule is CN1CCC1COCCCO. The van der Waals surface area contributed by atoms with Gasteiger partial charge in [0.2, 0.25) is 0 Å². The highest BCUT2D eigenvalue weighted by Gasteiger charge is 2.23. The molecule has 0 bridgehead atoms. The van der Waals surface area contributed by atoms with E-state index < -0.39 is 0 Å². The van der Waals surface area contributed by atoms with Crippen LogP contribution in [0.3, 0.4) is 0 Å². The van der Waals surface area contributed by atoms with Gasteiger partial charge >= 0.3 is 0 Å². The molecule has 1 fully saturated rings. The van der Waals surface area contributed by atoms with Gasteiger partial charge in [0.25, 0.3) is 0 Å². The number of ether oxygens (including phenoxy) is 1. The van der Waals surface area contributed by atoms with E-state index in [-0.39, 0.29) is 6.61 Å². The molecule has 3 nitrogen and oxygen atoms in total. The van der Waals surface area contributed by atoms with E-state index >= 15 is 0 Å². The first kappa shape index (κ1) is 8.97. The van der Waals surface area contributed by atoms with E-state index in [2.05, 4.69) is 11.9 Å². The van der Waals surface area contributed by atoms with Gasteiger partial charge in [0.15, 0.2) is 0 Å². The molecule has 0 aliphatic carbocycles. The largest absolute Gasteiger partial charge is 0.396 e. The van der Waals surface area contributed by atoms with Crippen molar-refractivity contribution in [1.82, 2.24) is 4.90 Å². The van der Waals surface area contributed by atoms with Crippen molar-refractivity contribution in [3.05, 3.63) is 0 Å². The number of aliphatic hydroxyl groups excluding tert-OH is 1. The Labute approximate surface area is 68.0 Å². The lowest BCUT2D eigenvalue weighted by Crippen LogP contribution is -2.47. The fraction of sp³-hybridized carbons (Fsp3) is 1.00. The second kappa shape index (κ2) is 4.70. The molecule has 3 heteroatoms. The lowest BCUT2D eigenvalue weighted by molar-refractivity contribution is 0.0173. The van der Waals surface area contributed by atoms with E-state index in [0.29, 0.717) is 12.6 Å². The van der Waals surface area contributed by atoms with Crippen molar-refractivity contribution in [2.45, 2.75) is 18.9 Å². The number of likely N-dealkylation sites (N-methyl/N-ethyl adjacent to an activating group) is 1. The minimum Gasteiger partial charge on any atom is -0.396 e. The summed E-state index contributed by atoms with van der Waals surface area (Å²) in [5.74, 6) is 0. The Hall–Kier alpha value is -0.120. The van der Waals surface area contributed by atoms with Crippen LogP contribution >= 0.6 is 0 Å². The summed E-state index contributed by atoms with van der Waals surface area (Å²) >= 11 is 0. The maximum Gasteiger partial charge on any atom is 0.0622 e. The molecule has 1 rings (SSSR count). The molecule has 1 saturated heterocycles. The van der Waals surface area contributed by atoms with Gasteiger partial charge in [-0.2, -0.15) is 0 Å². The number of nitrogens with zero attached hydrogens (tertiary/aromatic N) is 1. The van der Waals surface area contributed by atoms with Gasteiger partial charge in [-0.1, -0.05) is 0 Å². The van der Waals surface area contributed by atoms with Crippen molar-refractivity contribution in [3.63, 3.8) is 0 Å². The topological polar surface area (TPSA) is 32.7 Å². The van der Waals surface area contributed by atoms with Gasteiger partial charge in [-0.05, 0) is 26.4 Å². The molecular weight excluding hydrogens is 142 g/mol. The van der Waals surface area contributed by atoms with E-state index in [0.717, 1.165) is 13.0 Å². The third kappa shape index (κ3) is 2.77. The monoisotopic (exact) mass is 159 g/mol. The number of aliphatic hydroxyl groups is 1. The highest BCUT2D eigenvalue weighted by Crippen LogP contribution is 2.13. The predicted octanol–water partition coefficient (Wildman–Crippen LogP) is 0.0895. The minimum absolute atomic E-state index is 0.237. The summed E-state index contributed by atoms with van der Waals surface area (Å²) in [7, 11) is 2.11. The van der Waals surface area contributed by atoms with Gasteiger partial charge in [-0.3, -0.25) is 0 Å². The molecule has 1 atom stereocenters. The minimum atomic E-state index is 0.237. The van der Waals surface area contributed by atoms with Crippen molar-refractivity contribution in [2.24, 2.45) is 0 Å². The molecular formula is C8H17NO2. The third-order valence-electron chi connectivity index (χ3n) is 2.20. The van der Waals surface area contributed by atoms with Gasteiger partial charge in [0.1, 0.15) is 0 Å². The molecule has 11 heavy (non-hydrogen) atoms. The van der Waals surface area contributed by atoms with E-state index in [1.165, 1.54) is 13.0 Å². The summed E-state index contributed by atoms with van der Waals surface area (Å²) in [4.78, 5) is 2.29. The maximum absolute atomic E-state index is 8.46. The molecule has 0 amide bonds. The summed E-state index contributed by atoms with van der Waals surface area (Å²) < 4.78 is 5.35. The van der Waals surface area contributed by atoms with Gasteiger partial charge in [-0.15, -0.1) is 0 Å². The molecule has 1 heterocycles. The van der Waals surface area contributed by atoms with Crippen LogP contribution in [0.2, 0.25) is 0 Å². The van der Waals surface area contributed by atoms with E-state index in [1.54, 1.807) is 0 Å². The first-order chi connectivity index (χ1) is 5.34. The summed E-state index contributed by atoms with van der Waals surface area (Å²) in [5.41, 5.74) is 0. The molecule has 1 unspecified atom stereocenters. The third-order valence-corrected chi connectivity index (χ3v) is 2.20. The zero-order valence-corrected chi connectivity index (χ0v) is 7.12. The number of likely N-dealkylation sites (tertiary alicyclic amines) is 1. The quantitative estimate of drug-likeness (QED) is 0.577. The number of hydrogen-bond acceptors (Lipinski definition) is 3. The molecule has 1 N–H and O–H groups in total. The first-order valence-corrected chi connectivity index (χ1v) is 4.23. The molecule has 0 radical (unpaired) electrons. The summed E-state index contributed by atoms with van der Waals surface area (Å²) in [6.07, 6.45) is 2.02. The van der Waals surface area contributed by atoms with Crippen molar-refractivity contribution in [3.8, 4) is 0 Å². The van der Waals surface area contributed by atoms with Crippen molar-refractivity contribution in [1.29, 1.82) is 0 Å². The predicted molar refractivity (Wildman–Crippen MR) is 43.6 cm³/mol. The van der Waals surface area contributed by atoms with Crippen LogP contribution in [0.25, 0.3) is 0 Å². The Kier molecular flexibility index (Phi) is 3.83. The molecule has 0 aromatic carbocycles. The van der Waals surface area contributed by atoms with Gasteiger partial charge in [0, 0.05) is 19.3 Å². The van der Waals surface area contributed by atoms with Crippen LogP contribution in [0, 0.1) is 0 Å². The van der Waals surface area contributed by atoms with Crippen LogP contribution in [-0.4, -0.2) is 49.5 Å². The smallest absolute Gasteiger partial charge is 0.0622 e. The standard InChI is InChI=1S/C8H17NO2/c1-9-4-3-8(9)7-11-6-2-5-10/h8,10H,2-7H2,1H3. The summed E-state index contributed by atoms with van der Waals surface area (Å²) in [6.45, 7) is 2.96. The Balaban J connectivity index is 1.87. The second-order valence-electron chi connectivity index (χ2n) is 3.08. The Morgan fingerprint density at radius 2 is 2.45 bits per heavy atom. The first-order valence-electron chi connectivity index (χ1n) is 4.23. The molecule has 1 aliphatic heterocycles. The molecule has 1 aliphatic rings. The lowest BCUT2D eigenvalue weighted by atomic mass is 10.1. The van der Waals surface area contributed by atoms with Crippen molar-refractivity contribution >= 4 is 0 Å². The van der Waals surface area contributed by atoms with Crippen LogP contribution in [0.1, 0.15) is 12.8 Å². The normalized spacial score (nSPS) is 25.1. The Morgan fingerprint density at radius 1 is 1.64 bits per heavy atom. The Bertz CT molecular complexity index is 108. The highest BCUT2D eigenvalue weighted by molar-refractivity contribution is 4.78. The number of rotatable bonds is 5. The number of hydrogen-bond donors (Lipinski definition) is 1. The molecule has 66 valence electrons. The average molecular weight is 159 g/mol. The van der Waals surface area contributed by atoms with Gasteiger partial charge in [-0.25, -0.2) is 0 Å². The van der Waals surface area contributed by atoms with Crippen molar-refractivity contribution < 1.29 is 9.84 Å². The molecule has 0 aromatic rings. The second-order valence-corrected chi connectivity index (χ2v) is 3.08. The lowest BCUT2D eigenvalue weighted by Gasteiger charge is -2.37. The van der Waals surface area contributed by atoms with Gasteiger partial charge in [0.05, 0.1) is 6.61 Å². The van der Waals surface area contributed by atoms with Crippen LogP contribution in [-0.2, 0) is 4.74 Å². The van der Waals surface area contributed by atoms with E-state index in [1.807, 2.05) is 0 Å². The van der Waals surface area contributed by atoms with E-state index in [9.17, 15) is 0 Å². The van der Waals surface area contributed by atoms with Crippen LogP contribution in [0.15, 0.2) is 0 Å². The average Bonchev–Trinajstić information content (AvgIpc) is 2.02. The van der Waals surface area contributed by atoms with Gasteiger partial charge < -0.3 is 14.7 Å². The Morgan fingerprint density at radius 3 is 2.91 bits per heavy atom. The fourth-order valence-corrected chi connectivity index (χ4v) is 1.17. The van der Waals surface area contributed by atoms with Crippen molar-refractivity contribution in [2.75, 3.05) is 33.4 Å².